The fraction of sp³-hybridized carbons (Fsp3) is 0.0741. The van der Waals surface area contributed by atoms with Crippen molar-refractivity contribution in [1.29, 1.82) is 0 Å². The minimum Gasteiger partial charge on any atom is -0.484 e. The molecule has 4 aromatic rings. The Hall–Kier alpha value is -4.45. The first kappa shape index (κ1) is 21.8. The third kappa shape index (κ3) is 5.83. The van der Waals surface area contributed by atoms with Crippen molar-refractivity contribution in [3.05, 3.63) is 108 Å². The quantitative estimate of drug-likeness (QED) is 0.193. The van der Waals surface area contributed by atoms with Crippen LogP contribution in [0.1, 0.15) is 21.5 Å². The van der Waals surface area contributed by atoms with Crippen LogP contribution in [-0.4, -0.2) is 24.7 Å². The van der Waals surface area contributed by atoms with E-state index >= 15 is 0 Å². The molecule has 6 heteroatoms. The van der Waals surface area contributed by atoms with Gasteiger partial charge in [0.1, 0.15) is 11.5 Å². The topological polar surface area (TPSA) is 77.0 Å². The summed E-state index contributed by atoms with van der Waals surface area (Å²) in [6.45, 7) is 1.82. The van der Waals surface area contributed by atoms with E-state index in [-0.39, 0.29) is 12.5 Å². The monoisotopic (exact) mass is 438 g/mol. The Labute approximate surface area is 191 Å². The fourth-order valence-corrected chi connectivity index (χ4v) is 3.25. The van der Waals surface area contributed by atoms with Gasteiger partial charge in [0.25, 0.3) is 5.91 Å². The minimum atomic E-state index is -0.422. The summed E-state index contributed by atoms with van der Waals surface area (Å²) in [6.07, 6.45) is 1.50. The standard InChI is InChI=1S/C27H22N2O4/c1-19-6-4-9-23(16-19)32-18-26(30)29-28-17-20-12-14-22(15-13-20)33-27(31)25-11-5-8-21-7-2-3-10-24(21)25/h2-17H,18H2,1H3,(H,29,30)/b28-17+. The van der Waals surface area contributed by atoms with Crippen molar-refractivity contribution < 1.29 is 19.1 Å². The molecule has 0 aromatic heterocycles. The Kier molecular flexibility index (Phi) is 6.75. The molecule has 0 fully saturated rings. The number of aryl methyl sites for hydroxylation is 1. The maximum absolute atomic E-state index is 12.6. The normalized spacial score (nSPS) is 10.8. The third-order valence-electron chi connectivity index (χ3n) is 4.86. The second kappa shape index (κ2) is 10.2. The highest BCUT2D eigenvalue weighted by Crippen LogP contribution is 2.21. The van der Waals surface area contributed by atoms with Gasteiger partial charge in [0.15, 0.2) is 6.61 Å². The molecule has 4 aromatic carbocycles. The van der Waals surface area contributed by atoms with Crippen LogP contribution in [0.15, 0.2) is 96.1 Å². The van der Waals surface area contributed by atoms with Crippen LogP contribution in [0.3, 0.4) is 0 Å². The second-order valence-corrected chi connectivity index (χ2v) is 7.38. The SMILES string of the molecule is Cc1cccc(OCC(=O)N/N=C/c2ccc(OC(=O)c3cccc4ccccc34)cc2)c1. The van der Waals surface area contributed by atoms with Gasteiger partial charge in [-0.1, -0.05) is 48.5 Å². The van der Waals surface area contributed by atoms with Gasteiger partial charge in [0.05, 0.1) is 11.8 Å². The van der Waals surface area contributed by atoms with E-state index in [0.29, 0.717) is 17.1 Å². The van der Waals surface area contributed by atoms with Gasteiger partial charge < -0.3 is 9.47 Å². The molecule has 33 heavy (non-hydrogen) atoms. The molecule has 1 amide bonds. The molecule has 0 aliphatic heterocycles. The van der Waals surface area contributed by atoms with Crippen molar-refractivity contribution in [3.63, 3.8) is 0 Å². The van der Waals surface area contributed by atoms with E-state index in [4.69, 9.17) is 9.47 Å². The lowest BCUT2D eigenvalue weighted by atomic mass is 10.0. The maximum Gasteiger partial charge on any atom is 0.344 e. The highest BCUT2D eigenvalue weighted by Gasteiger charge is 2.12. The molecule has 0 aliphatic rings. The van der Waals surface area contributed by atoms with E-state index in [1.807, 2.05) is 61.5 Å². The number of fused-ring (bicyclic) bond motifs is 1. The number of hydrogen-bond donors (Lipinski definition) is 1. The molecule has 164 valence electrons. The lowest BCUT2D eigenvalue weighted by Gasteiger charge is -2.07. The number of benzene rings is 4. The first-order valence-corrected chi connectivity index (χ1v) is 10.4. The Balaban J connectivity index is 1.30. The smallest absolute Gasteiger partial charge is 0.344 e. The van der Waals surface area contributed by atoms with Crippen molar-refractivity contribution in [3.8, 4) is 11.5 Å². The lowest BCUT2D eigenvalue weighted by molar-refractivity contribution is -0.123. The van der Waals surface area contributed by atoms with Crippen LogP contribution in [-0.2, 0) is 4.79 Å². The predicted octanol–water partition coefficient (Wildman–Crippen LogP) is 4.90. The average Bonchev–Trinajstić information content (AvgIpc) is 2.83. The van der Waals surface area contributed by atoms with Crippen LogP contribution in [0.4, 0.5) is 0 Å². The number of hydrazone groups is 1. The summed E-state index contributed by atoms with van der Waals surface area (Å²) in [5, 5.41) is 5.75. The number of esters is 1. The zero-order valence-corrected chi connectivity index (χ0v) is 18.0. The summed E-state index contributed by atoms with van der Waals surface area (Å²) in [6, 6.07) is 27.5. The lowest BCUT2D eigenvalue weighted by Crippen LogP contribution is -2.24. The van der Waals surface area contributed by atoms with Crippen LogP contribution in [0, 0.1) is 6.92 Å². The summed E-state index contributed by atoms with van der Waals surface area (Å²) in [7, 11) is 0. The minimum absolute atomic E-state index is 0.135. The van der Waals surface area contributed by atoms with Crippen molar-refractivity contribution >= 4 is 28.9 Å². The van der Waals surface area contributed by atoms with Crippen LogP contribution in [0.25, 0.3) is 10.8 Å². The number of amides is 1. The van der Waals surface area contributed by atoms with Gasteiger partial charge in [-0.25, -0.2) is 10.2 Å². The number of rotatable bonds is 7. The van der Waals surface area contributed by atoms with E-state index in [0.717, 1.165) is 21.9 Å². The molecule has 0 spiro atoms. The van der Waals surface area contributed by atoms with Crippen molar-refractivity contribution in [2.45, 2.75) is 6.92 Å². The zero-order valence-electron chi connectivity index (χ0n) is 18.0. The highest BCUT2D eigenvalue weighted by molar-refractivity contribution is 6.05. The molecular formula is C27H22N2O4. The first-order valence-electron chi connectivity index (χ1n) is 10.4. The summed E-state index contributed by atoms with van der Waals surface area (Å²) >= 11 is 0. The summed E-state index contributed by atoms with van der Waals surface area (Å²) in [4.78, 5) is 24.5. The highest BCUT2D eigenvalue weighted by atomic mass is 16.5. The first-order chi connectivity index (χ1) is 16.1. The second-order valence-electron chi connectivity index (χ2n) is 7.38. The number of ether oxygens (including phenoxy) is 2. The third-order valence-corrected chi connectivity index (χ3v) is 4.86. The number of carbonyl (C=O) groups excluding carboxylic acids is 2. The molecule has 0 unspecified atom stereocenters. The van der Waals surface area contributed by atoms with Gasteiger partial charge in [-0.2, -0.15) is 5.10 Å². The molecular weight excluding hydrogens is 416 g/mol. The molecule has 0 heterocycles. The van der Waals surface area contributed by atoms with Crippen LogP contribution >= 0.6 is 0 Å². The predicted molar refractivity (Wildman–Crippen MR) is 128 cm³/mol. The van der Waals surface area contributed by atoms with Gasteiger partial charge in [0.2, 0.25) is 0 Å². The van der Waals surface area contributed by atoms with E-state index in [9.17, 15) is 9.59 Å². The van der Waals surface area contributed by atoms with E-state index in [1.54, 1.807) is 36.4 Å². The Morgan fingerprint density at radius 2 is 1.64 bits per heavy atom. The van der Waals surface area contributed by atoms with Gasteiger partial charge in [-0.15, -0.1) is 0 Å². The number of carbonyl (C=O) groups is 2. The summed E-state index contributed by atoms with van der Waals surface area (Å²) in [5.41, 5.74) is 4.72. The molecule has 0 atom stereocenters. The number of nitrogens with one attached hydrogen (secondary N) is 1. The van der Waals surface area contributed by atoms with Crippen molar-refractivity contribution in [1.82, 2.24) is 5.43 Å². The van der Waals surface area contributed by atoms with Gasteiger partial charge in [-0.3, -0.25) is 4.79 Å². The van der Waals surface area contributed by atoms with Gasteiger partial charge >= 0.3 is 5.97 Å². The Morgan fingerprint density at radius 1 is 0.879 bits per heavy atom. The van der Waals surface area contributed by atoms with Crippen LogP contribution in [0.5, 0.6) is 11.5 Å². The molecule has 0 aliphatic carbocycles. The number of nitrogens with zero attached hydrogens (tertiary/aromatic N) is 1. The Bertz CT molecular complexity index is 1310. The molecule has 0 saturated carbocycles. The van der Waals surface area contributed by atoms with Crippen LogP contribution in [0.2, 0.25) is 0 Å². The molecule has 1 N–H and O–H groups in total. The largest absolute Gasteiger partial charge is 0.484 e. The van der Waals surface area contributed by atoms with E-state index in [2.05, 4.69) is 10.5 Å². The molecule has 0 radical (unpaired) electrons. The maximum atomic E-state index is 12.6. The van der Waals surface area contributed by atoms with Gasteiger partial charge in [0, 0.05) is 0 Å². The zero-order chi connectivity index (χ0) is 23.0. The van der Waals surface area contributed by atoms with Crippen LogP contribution < -0.4 is 14.9 Å². The average molecular weight is 438 g/mol. The summed E-state index contributed by atoms with van der Waals surface area (Å²) < 4.78 is 11.0. The molecule has 0 saturated heterocycles. The number of hydrogen-bond acceptors (Lipinski definition) is 5. The fourth-order valence-electron chi connectivity index (χ4n) is 3.25. The summed E-state index contributed by atoms with van der Waals surface area (Å²) in [5.74, 6) is 0.255. The molecule has 6 nitrogen and oxygen atoms in total. The molecule has 4 rings (SSSR count). The van der Waals surface area contributed by atoms with E-state index < -0.39 is 5.97 Å². The van der Waals surface area contributed by atoms with Crippen molar-refractivity contribution in [2.24, 2.45) is 5.10 Å². The van der Waals surface area contributed by atoms with Crippen molar-refractivity contribution in [2.75, 3.05) is 6.61 Å². The Morgan fingerprint density at radius 3 is 2.45 bits per heavy atom. The molecule has 0 bridgehead atoms. The van der Waals surface area contributed by atoms with E-state index in [1.165, 1.54) is 6.21 Å². The van der Waals surface area contributed by atoms with Gasteiger partial charge in [-0.05, 0) is 71.3 Å².